The van der Waals surface area contributed by atoms with Crippen molar-refractivity contribution in [1.29, 1.82) is 0 Å². The maximum Gasteiger partial charge on any atom is 0.241 e. The van der Waals surface area contributed by atoms with E-state index in [1.807, 2.05) is 13.0 Å². The molecule has 1 saturated carbocycles. The zero-order valence-corrected chi connectivity index (χ0v) is 9.25. The van der Waals surface area contributed by atoms with E-state index in [9.17, 15) is 8.42 Å². The number of rotatable bonds is 3. The van der Waals surface area contributed by atoms with Crippen molar-refractivity contribution in [2.75, 3.05) is 0 Å². The number of aryl methyl sites for hydroxylation is 1. The minimum absolute atomic E-state index is 0.0781. The van der Waals surface area contributed by atoms with Crippen molar-refractivity contribution >= 4 is 10.0 Å². The maximum absolute atomic E-state index is 11.3. The van der Waals surface area contributed by atoms with Crippen molar-refractivity contribution in [1.82, 2.24) is 0 Å². The average Bonchev–Trinajstić information content (AvgIpc) is 2.90. The summed E-state index contributed by atoms with van der Waals surface area (Å²) in [4.78, 5) is 0.0781. The summed E-state index contributed by atoms with van der Waals surface area (Å²) in [6.45, 7) is 1.81. The molecule has 2 rings (SSSR count). The summed E-state index contributed by atoms with van der Waals surface area (Å²) < 4.78 is 28.2. The fraction of sp³-hybridized carbons (Fsp3) is 0.400. The molecule has 0 amide bonds. The van der Waals surface area contributed by atoms with E-state index in [4.69, 9.17) is 9.88 Å². The van der Waals surface area contributed by atoms with Crippen LogP contribution in [0.5, 0.6) is 5.75 Å². The molecular formula is C10H13NO3S. The number of nitrogens with two attached hydrogens (primary N) is 1. The van der Waals surface area contributed by atoms with Gasteiger partial charge >= 0.3 is 0 Å². The first kappa shape index (κ1) is 10.4. The highest BCUT2D eigenvalue weighted by atomic mass is 32.2. The predicted molar refractivity (Wildman–Crippen MR) is 56.2 cm³/mol. The van der Waals surface area contributed by atoms with Crippen LogP contribution in [0.3, 0.4) is 0 Å². The molecule has 0 aliphatic heterocycles. The molecule has 0 unspecified atom stereocenters. The summed E-state index contributed by atoms with van der Waals surface area (Å²) >= 11 is 0. The third kappa shape index (κ3) is 2.30. The largest absolute Gasteiger partial charge is 0.489 e. The zero-order chi connectivity index (χ0) is 11.1. The lowest BCUT2D eigenvalue weighted by atomic mass is 10.2. The average molecular weight is 227 g/mol. The van der Waals surface area contributed by atoms with Gasteiger partial charge in [-0.3, -0.25) is 0 Å². The quantitative estimate of drug-likeness (QED) is 0.843. The van der Waals surface area contributed by atoms with Gasteiger partial charge in [0.25, 0.3) is 0 Å². The first-order valence-corrected chi connectivity index (χ1v) is 6.32. The molecule has 1 aliphatic rings. The van der Waals surface area contributed by atoms with Crippen LogP contribution < -0.4 is 9.88 Å². The molecular weight excluding hydrogens is 214 g/mol. The van der Waals surface area contributed by atoms with Gasteiger partial charge in [-0.05, 0) is 31.4 Å². The number of hydrogen-bond acceptors (Lipinski definition) is 3. The van der Waals surface area contributed by atoms with Gasteiger partial charge in [-0.2, -0.15) is 0 Å². The van der Waals surface area contributed by atoms with Crippen LogP contribution in [0.4, 0.5) is 0 Å². The Morgan fingerprint density at radius 1 is 1.40 bits per heavy atom. The molecule has 0 heterocycles. The Bertz CT molecular complexity index is 477. The summed E-state index contributed by atoms with van der Waals surface area (Å²) in [5.74, 6) is 0.405. The topological polar surface area (TPSA) is 69.4 Å². The van der Waals surface area contributed by atoms with Gasteiger partial charge in [0.1, 0.15) is 10.6 Å². The van der Waals surface area contributed by atoms with Gasteiger partial charge in [-0.25, -0.2) is 13.6 Å². The lowest BCUT2D eigenvalue weighted by Gasteiger charge is -2.11. The number of sulfonamides is 1. The Morgan fingerprint density at radius 2 is 2.07 bits per heavy atom. The Balaban J connectivity index is 2.47. The third-order valence-electron chi connectivity index (χ3n) is 2.29. The molecule has 0 aromatic heterocycles. The number of primary sulfonamides is 1. The molecule has 15 heavy (non-hydrogen) atoms. The van der Waals surface area contributed by atoms with Crippen molar-refractivity contribution in [3.8, 4) is 5.75 Å². The number of benzene rings is 1. The summed E-state index contributed by atoms with van der Waals surface area (Å²) in [5.41, 5.74) is 0.799. The minimum atomic E-state index is -3.70. The van der Waals surface area contributed by atoms with Gasteiger partial charge in [0.2, 0.25) is 10.0 Å². The number of hydrogen-bond donors (Lipinski definition) is 1. The molecule has 0 bridgehead atoms. The van der Waals surface area contributed by atoms with E-state index in [0.29, 0.717) is 5.75 Å². The highest BCUT2D eigenvalue weighted by molar-refractivity contribution is 7.89. The summed E-state index contributed by atoms with van der Waals surface area (Å²) in [5, 5.41) is 5.11. The first-order chi connectivity index (χ1) is 6.98. The molecule has 1 aromatic carbocycles. The van der Waals surface area contributed by atoms with Gasteiger partial charge in [0.15, 0.2) is 0 Å². The Labute approximate surface area is 89.1 Å². The van der Waals surface area contributed by atoms with Gasteiger partial charge < -0.3 is 4.74 Å². The Morgan fingerprint density at radius 3 is 2.60 bits per heavy atom. The third-order valence-corrected chi connectivity index (χ3v) is 3.23. The van der Waals surface area contributed by atoms with E-state index in [0.717, 1.165) is 18.4 Å². The SMILES string of the molecule is Cc1cccc(S(N)(=O)=O)c1OC1CC1. The summed E-state index contributed by atoms with van der Waals surface area (Å²) in [6.07, 6.45) is 2.13. The van der Waals surface area contributed by atoms with Crippen LogP contribution in [0, 0.1) is 6.92 Å². The molecule has 0 atom stereocenters. The fourth-order valence-corrected chi connectivity index (χ4v) is 2.09. The smallest absolute Gasteiger partial charge is 0.241 e. The van der Waals surface area contributed by atoms with Crippen LogP contribution in [0.25, 0.3) is 0 Å². The van der Waals surface area contributed by atoms with Crippen LogP contribution in [-0.2, 0) is 10.0 Å². The summed E-state index contributed by atoms with van der Waals surface area (Å²) in [7, 11) is -3.70. The van der Waals surface area contributed by atoms with Crippen molar-refractivity contribution in [3.63, 3.8) is 0 Å². The van der Waals surface area contributed by atoms with E-state index in [-0.39, 0.29) is 11.0 Å². The van der Waals surface area contributed by atoms with E-state index >= 15 is 0 Å². The molecule has 82 valence electrons. The van der Waals surface area contributed by atoms with Crippen LogP contribution >= 0.6 is 0 Å². The second-order valence-corrected chi connectivity index (χ2v) is 5.29. The Hall–Kier alpha value is -1.07. The van der Waals surface area contributed by atoms with Gasteiger partial charge in [-0.15, -0.1) is 0 Å². The fourth-order valence-electron chi connectivity index (χ4n) is 1.35. The van der Waals surface area contributed by atoms with Crippen molar-refractivity contribution < 1.29 is 13.2 Å². The molecule has 1 aromatic rings. The van der Waals surface area contributed by atoms with Crippen molar-refractivity contribution in [2.45, 2.75) is 30.8 Å². The monoisotopic (exact) mass is 227 g/mol. The van der Waals surface area contributed by atoms with Crippen LogP contribution in [0.1, 0.15) is 18.4 Å². The Kier molecular flexibility index (Phi) is 2.44. The van der Waals surface area contributed by atoms with E-state index in [1.54, 1.807) is 6.07 Å². The molecule has 2 N–H and O–H groups in total. The van der Waals surface area contributed by atoms with Gasteiger partial charge in [-0.1, -0.05) is 12.1 Å². The maximum atomic E-state index is 11.3. The summed E-state index contributed by atoms with van der Waals surface area (Å²) in [6, 6.07) is 4.95. The normalized spacial score (nSPS) is 16.4. The van der Waals surface area contributed by atoms with E-state index in [1.165, 1.54) is 6.07 Å². The second-order valence-electron chi connectivity index (χ2n) is 3.76. The number of ether oxygens (including phenoxy) is 1. The predicted octanol–water partition coefficient (Wildman–Crippen LogP) is 1.18. The van der Waals surface area contributed by atoms with Crippen LogP contribution in [-0.4, -0.2) is 14.5 Å². The van der Waals surface area contributed by atoms with Gasteiger partial charge in [0, 0.05) is 0 Å². The molecule has 1 aliphatic carbocycles. The minimum Gasteiger partial charge on any atom is -0.489 e. The highest BCUT2D eigenvalue weighted by Gasteiger charge is 2.27. The van der Waals surface area contributed by atoms with E-state index < -0.39 is 10.0 Å². The van der Waals surface area contributed by atoms with Crippen LogP contribution in [0.15, 0.2) is 23.1 Å². The highest BCUT2D eigenvalue weighted by Crippen LogP contribution is 2.33. The molecule has 5 heteroatoms. The number of para-hydroxylation sites is 1. The standard InChI is InChI=1S/C10H13NO3S/c1-7-3-2-4-9(15(11,12)13)10(7)14-8-5-6-8/h2-4,8H,5-6H2,1H3,(H2,11,12,13). The molecule has 4 nitrogen and oxygen atoms in total. The zero-order valence-electron chi connectivity index (χ0n) is 8.43. The molecule has 1 fully saturated rings. The van der Waals surface area contributed by atoms with Crippen molar-refractivity contribution in [3.05, 3.63) is 23.8 Å². The van der Waals surface area contributed by atoms with E-state index in [2.05, 4.69) is 0 Å². The lowest BCUT2D eigenvalue weighted by Crippen LogP contribution is -2.15. The molecule has 0 radical (unpaired) electrons. The van der Waals surface area contributed by atoms with Gasteiger partial charge in [0.05, 0.1) is 6.10 Å². The molecule has 0 spiro atoms. The lowest BCUT2D eigenvalue weighted by molar-refractivity contribution is 0.293. The molecule has 0 saturated heterocycles. The van der Waals surface area contributed by atoms with Crippen LogP contribution in [0.2, 0.25) is 0 Å². The second kappa shape index (κ2) is 3.50. The first-order valence-electron chi connectivity index (χ1n) is 4.77. The van der Waals surface area contributed by atoms with Crippen molar-refractivity contribution in [2.24, 2.45) is 5.14 Å².